The number of nitrogens with zero attached hydrogens (tertiary/aromatic N) is 2. The molecule has 0 aliphatic rings. The van der Waals surface area contributed by atoms with Gasteiger partial charge in [-0.05, 0) is 55.0 Å². The van der Waals surface area contributed by atoms with Crippen LogP contribution in [0.4, 0.5) is 5.13 Å². The second-order valence-electron chi connectivity index (χ2n) is 6.86. The van der Waals surface area contributed by atoms with Crippen LogP contribution in [0.1, 0.15) is 21.5 Å². The molecular formula is C24H17Cl2N3O2S. The van der Waals surface area contributed by atoms with Crippen LogP contribution < -0.4 is 10.2 Å². The van der Waals surface area contributed by atoms with Crippen molar-refractivity contribution in [2.45, 2.75) is 6.92 Å². The molecule has 1 N–H and O–H groups in total. The number of carbonyl (C=O) groups excluding carboxylic acids is 1. The summed E-state index contributed by atoms with van der Waals surface area (Å²) in [4.78, 5) is 16.8. The lowest BCUT2D eigenvalue weighted by molar-refractivity contribution is 0.0735. The second-order valence-corrected chi connectivity index (χ2v) is 8.56. The molecule has 0 bridgehead atoms. The molecule has 0 unspecified atom stereocenters. The zero-order valence-corrected chi connectivity index (χ0v) is 19.2. The number of halogens is 2. The van der Waals surface area contributed by atoms with Crippen molar-refractivity contribution in [3.63, 3.8) is 0 Å². The number of thiazole rings is 1. The smallest absolute Gasteiger partial charge is 0.345 e. The summed E-state index contributed by atoms with van der Waals surface area (Å²) in [5, 5.41) is 7.60. The topological polar surface area (TPSA) is 63.6 Å². The first-order valence-corrected chi connectivity index (χ1v) is 11.2. The standard InChI is InChI=1S/C24H17Cl2N3O2S/c1-15-2-6-17(7-3-15)22-14-32-24(28-22)29-27-13-16-4-9-19(10-5-16)31-23(30)20-11-8-18(25)12-21(20)26/h2-14H,1H3,(H,28,29)/b27-13+. The van der Waals surface area contributed by atoms with Gasteiger partial charge in [0.2, 0.25) is 5.13 Å². The molecular weight excluding hydrogens is 465 g/mol. The first-order chi connectivity index (χ1) is 15.5. The van der Waals surface area contributed by atoms with Gasteiger partial charge in [-0.1, -0.05) is 53.0 Å². The van der Waals surface area contributed by atoms with E-state index in [1.807, 2.05) is 17.5 Å². The summed E-state index contributed by atoms with van der Waals surface area (Å²) in [6.07, 6.45) is 1.66. The van der Waals surface area contributed by atoms with Gasteiger partial charge in [-0.3, -0.25) is 5.43 Å². The summed E-state index contributed by atoms with van der Waals surface area (Å²) < 4.78 is 5.37. The molecule has 0 saturated heterocycles. The largest absolute Gasteiger partial charge is 0.423 e. The van der Waals surface area contributed by atoms with Gasteiger partial charge in [0.05, 0.1) is 22.5 Å². The lowest BCUT2D eigenvalue weighted by Gasteiger charge is -2.06. The number of hydrogen-bond acceptors (Lipinski definition) is 6. The van der Waals surface area contributed by atoms with Crippen LogP contribution in [0.3, 0.4) is 0 Å². The molecule has 1 heterocycles. The number of esters is 1. The molecule has 0 saturated carbocycles. The summed E-state index contributed by atoms with van der Waals surface area (Å²) in [5.74, 6) is -0.156. The number of anilines is 1. The SMILES string of the molecule is Cc1ccc(-c2csc(N/N=C/c3ccc(OC(=O)c4ccc(Cl)cc4Cl)cc3)n2)cc1. The second kappa shape index (κ2) is 9.96. The third-order valence-electron chi connectivity index (χ3n) is 4.47. The van der Waals surface area contributed by atoms with Gasteiger partial charge >= 0.3 is 5.97 Å². The van der Waals surface area contributed by atoms with Gasteiger partial charge in [0, 0.05) is 16.0 Å². The number of hydrogen-bond donors (Lipinski definition) is 1. The van der Waals surface area contributed by atoms with E-state index in [-0.39, 0.29) is 10.6 Å². The van der Waals surface area contributed by atoms with Gasteiger partial charge in [-0.25, -0.2) is 9.78 Å². The highest BCUT2D eigenvalue weighted by Gasteiger charge is 2.13. The molecule has 0 fully saturated rings. The minimum absolute atomic E-state index is 0.241. The molecule has 4 rings (SSSR count). The Hall–Kier alpha value is -3.19. The fourth-order valence-electron chi connectivity index (χ4n) is 2.78. The average Bonchev–Trinajstić information content (AvgIpc) is 3.24. The minimum atomic E-state index is -0.553. The number of aromatic nitrogens is 1. The number of carbonyl (C=O) groups is 1. The Balaban J connectivity index is 1.34. The number of rotatable bonds is 6. The molecule has 0 amide bonds. The zero-order chi connectivity index (χ0) is 22.5. The van der Waals surface area contributed by atoms with Crippen LogP contribution in [0.5, 0.6) is 5.75 Å². The normalized spacial score (nSPS) is 11.0. The summed E-state index contributed by atoms with van der Waals surface area (Å²) >= 11 is 13.4. The Bertz CT molecular complexity index is 1270. The van der Waals surface area contributed by atoms with Gasteiger partial charge in [0.1, 0.15) is 5.75 Å². The average molecular weight is 482 g/mol. The zero-order valence-electron chi connectivity index (χ0n) is 16.9. The van der Waals surface area contributed by atoms with Crippen molar-refractivity contribution in [2.24, 2.45) is 5.10 Å². The van der Waals surface area contributed by atoms with Crippen molar-refractivity contribution in [3.8, 4) is 17.0 Å². The van der Waals surface area contributed by atoms with Crippen molar-refractivity contribution in [1.29, 1.82) is 0 Å². The Morgan fingerprint density at radius 1 is 1.06 bits per heavy atom. The van der Waals surface area contributed by atoms with Crippen molar-refractivity contribution < 1.29 is 9.53 Å². The van der Waals surface area contributed by atoms with Crippen molar-refractivity contribution in [2.75, 3.05) is 5.43 Å². The van der Waals surface area contributed by atoms with Gasteiger partial charge in [0.25, 0.3) is 0 Å². The van der Waals surface area contributed by atoms with E-state index in [0.29, 0.717) is 15.9 Å². The fourth-order valence-corrected chi connectivity index (χ4v) is 3.94. The molecule has 8 heteroatoms. The Labute approximate surface area is 199 Å². The third-order valence-corrected chi connectivity index (χ3v) is 5.76. The number of ether oxygens (including phenoxy) is 1. The summed E-state index contributed by atoms with van der Waals surface area (Å²) in [6.45, 7) is 2.05. The number of hydrazone groups is 1. The molecule has 0 atom stereocenters. The van der Waals surface area contributed by atoms with E-state index < -0.39 is 5.97 Å². The first kappa shape index (κ1) is 22.0. The molecule has 32 heavy (non-hydrogen) atoms. The van der Waals surface area contributed by atoms with E-state index in [0.717, 1.165) is 16.8 Å². The highest BCUT2D eigenvalue weighted by Crippen LogP contribution is 2.25. The highest BCUT2D eigenvalue weighted by atomic mass is 35.5. The summed E-state index contributed by atoms with van der Waals surface area (Å²) in [6, 6.07) is 19.8. The van der Waals surface area contributed by atoms with Crippen LogP contribution in [0.25, 0.3) is 11.3 Å². The molecule has 5 nitrogen and oxygen atoms in total. The predicted molar refractivity (Wildman–Crippen MR) is 131 cm³/mol. The Kier molecular flexibility index (Phi) is 6.85. The quantitative estimate of drug-likeness (QED) is 0.138. The summed E-state index contributed by atoms with van der Waals surface area (Å²) in [7, 11) is 0. The van der Waals surface area contributed by atoms with E-state index in [2.05, 4.69) is 34.6 Å². The minimum Gasteiger partial charge on any atom is -0.423 e. The maximum absolute atomic E-state index is 12.3. The fraction of sp³-hybridized carbons (Fsp3) is 0.0417. The Morgan fingerprint density at radius 2 is 1.81 bits per heavy atom. The molecule has 0 radical (unpaired) electrons. The van der Waals surface area contributed by atoms with Gasteiger partial charge < -0.3 is 4.74 Å². The number of nitrogens with one attached hydrogen (secondary N) is 1. The third kappa shape index (κ3) is 5.53. The molecule has 160 valence electrons. The van der Waals surface area contributed by atoms with Crippen LogP contribution >= 0.6 is 34.5 Å². The number of aryl methyl sites for hydroxylation is 1. The predicted octanol–water partition coefficient (Wildman–Crippen LogP) is 7.09. The highest BCUT2D eigenvalue weighted by molar-refractivity contribution is 7.14. The lowest BCUT2D eigenvalue weighted by Crippen LogP contribution is -2.09. The molecule has 4 aromatic rings. The van der Waals surface area contributed by atoms with Crippen LogP contribution in [0.2, 0.25) is 10.0 Å². The number of benzene rings is 3. The van der Waals surface area contributed by atoms with E-state index in [1.54, 1.807) is 36.5 Å². The van der Waals surface area contributed by atoms with Crippen LogP contribution in [0.15, 0.2) is 77.2 Å². The van der Waals surface area contributed by atoms with Crippen LogP contribution in [-0.2, 0) is 0 Å². The molecule has 0 aliphatic heterocycles. The van der Waals surface area contributed by atoms with E-state index in [9.17, 15) is 4.79 Å². The van der Waals surface area contributed by atoms with Crippen molar-refractivity contribution in [3.05, 3.63) is 98.8 Å². The van der Waals surface area contributed by atoms with Gasteiger partial charge in [0.15, 0.2) is 0 Å². The lowest BCUT2D eigenvalue weighted by atomic mass is 10.1. The maximum atomic E-state index is 12.3. The molecule has 0 spiro atoms. The van der Waals surface area contributed by atoms with Crippen molar-refractivity contribution in [1.82, 2.24) is 4.98 Å². The van der Waals surface area contributed by atoms with Crippen molar-refractivity contribution >= 4 is 51.9 Å². The molecule has 1 aromatic heterocycles. The van der Waals surface area contributed by atoms with Crippen LogP contribution in [-0.4, -0.2) is 17.2 Å². The summed E-state index contributed by atoms with van der Waals surface area (Å²) in [5.41, 5.74) is 7.20. The van der Waals surface area contributed by atoms with Crippen LogP contribution in [0, 0.1) is 6.92 Å². The monoisotopic (exact) mass is 481 g/mol. The van der Waals surface area contributed by atoms with E-state index in [4.69, 9.17) is 27.9 Å². The van der Waals surface area contributed by atoms with E-state index in [1.165, 1.54) is 29.0 Å². The molecule has 0 aliphatic carbocycles. The van der Waals surface area contributed by atoms with E-state index >= 15 is 0 Å². The van der Waals surface area contributed by atoms with Gasteiger partial charge in [-0.15, -0.1) is 11.3 Å². The first-order valence-electron chi connectivity index (χ1n) is 9.57. The molecule has 3 aromatic carbocycles. The Morgan fingerprint density at radius 3 is 2.53 bits per heavy atom. The van der Waals surface area contributed by atoms with Gasteiger partial charge in [-0.2, -0.15) is 5.10 Å². The maximum Gasteiger partial charge on any atom is 0.345 e.